The molecule has 0 radical (unpaired) electrons. The number of hydrogen-bond donors (Lipinski definition) is 1. The number of esters is 1. The summed E-state index contributed by atoms with van der Waals surface area (Å²) >= 11 is 5.87. The Labute approximate surface area is 257 Å². The Hall–Kier alpha value is -2.78. The van der Waals surface area contributed by atoms with Gasteiger partial charge in [-0.3, -0.25) is 9.59 Å². The van der Waals surface area contributed by atoms with E-state index in [0.29, 0.717) is 30.9 Å². The third-order valence-corrected chi connectivity index (χ3v) is 10.4. The van der Waals surface area contributed by atoms with Gasteiger partial charge in [0, 0.05) is 31.5 Å². The minimum atomic E-state index is -3.93. The Balaban J connectivity index is 2.35. The summed E-state index contributed by atoms with van der Waals surface area (Å²) in [5, 5.41) is -0.788. The monoisotopic (exact) mass is 622 g/mol. The average Bonchev–Trinajstić information content (AvgIpc) is 2.94. The van der Waals surface area contributed by atoms with Crippen LogP contribution < -0.4 is 13.9 Å². The summed E-state index contributed by atoms with van der Waals surface area (Å²) < 4.78 is 38.8. The first-order valence-corrected chi connectivity index (χ1v) is 16.5. The van der Waals surface area contributed by atoms with Crippen molar-refractivity contribution < 1.29 is 27.0 Å². The number of rotatable bonds is 19. The molecule has 5 atom stereocenters. The van der Waals surface area contributed by atoms with E-state index in [0.717, 1.165) is 38.5 Å². The van der Waals surface area contributed by atoms with Gasteiger partial charge in [0.2, 0.25) is 10.0 Å². The molecule has 0 bridgehead atoms. The highest BCUT2D eigenvalue weighted by atomic mass is 35.5. The summed E-state index contributed by atoms with van der Waals surface area (Å²) in [6, 6.07) is 4.69. The third kappa shape index (κ3) is 9.90. The van der Waals surface area contributed by atoms with Crippen LogP contribution in [0, 0.1) is 17.8 Å². The van der Waals surface area contributed by atoms with Gasteiger partial charge in [-0.1, -0.05) is 44.7 Å². The fraction of sp³-hybridized carbons (Fsp3) is 0.562. The maximum Gasteiger partial charge on any atom is 0.303 e. The van der Waals surface area contributed by atoms with Crippen molar-refractivity contribution in [1.29, 1.82) is 0 Å². The molecule has 5 unspecified atom stereocenters. The van der Waals surface area contributed by atoms with E-state index in [9.17, 15) is 18.0 Å². The summed E-state index contributed by atoms with van der Waals surface area (Å²) in [4.78, 5) is 27.0. The largest absolute Gasteiger partial charge is 0.458 e. The van der Waals surface area contributed by atoms with Crippen LogP contribution in [0.4, 0.5) is 5.69 Å². The van der Waals surface area contributed by atoms with Crippen LogP contribution in [0.1, 0.15) is 83.0 Å². The Kier molecular flexibility index (Phi) is 14.1. The molecule has 1 saturated carbocycles. The average molecular weight is 623 g/mol. The van der Waals surface area contributed by atoms with Crippen molar-refractivity contribution in [2.75, 3.05) is 18.0 Å². The van der Waals surface area contributed by atoms with Crippen molar-refractivity contribution in [3.8, 4) is 5.75 Å². The number of unbranched alkanes of at least 4 members (excludes halogenated alkanes) is 1. The molecule has 0 aromatic heterocycles. The molecule has 0 aliphatic heterocycles. The fourth-order valence-electron chi connectivity index (χ4n) is 5.22. The van der Waals surface area contributed by atoms with E-state index in [4.69, 9.17) is 20.9 Å². The Morgan fingerprint density at radius 2 is 1.93 bits per heavy atom. The van der Waals surface area contributed by atoms with Crippen LogP contribution >= 0.6 is 11.9 Å². The first kappa shape index (κ1) is 35.4. The lowest BCUT2D eigenvalue weighted by molar-refractivity contribution is -0.149. The number of hydrogen-bond acceptors (Lipinski definition) is 7. The minimum absolute atomic E-state index is 0.116. The van der Waals surface area contributed by atoms with Crippen molar-refractivity contribution in [2.24, 2.45) is 17.8 Å². The third-order valence-electron chi connectivity index (χ3n) is 8.31. The van der Waals surface area contributed by atoms with Crippen LogP contribution in [0.3, 0.4) is 0 Å². The number of sulfonamides is 1. The molecule has 8 nitrogen and oxygen atoms in total. The first-order valence-electron chi connectivity index (χ1n) is 14.7. The van der Waals surface area contributed by atoms with Gasteiger partial charge in [0.25, 0.3) is 5.91 Å². The van der Waals surface area contributed by atoms with E-state index in [1.165, 1.54) is 18.6 Å². The van der Waals surface area contributed by atoms with Crippen LogP contribution in [-0.4, -0.2) is 44.7 Å². The van der Waals surface area contributed by atoms with Crippen molar-refractivity contribution in [1.82, 2.24) is 4.72 Å². The number of ether oxygens (including phenoxy) is 1. The molecule has 2 rings (SSSR count). The number of carbonyl (C=O) groups excluding carboxylic acids is 2. The van der Waals surface area contributed by atoms with Crippen LogP contribution in [0.15, 0.2) is 55.7 Å². The Morgan fingerprint density at radius 1 is 1.21 bits per heavy atom. The standard InChI is InChI=1S/C32H47ClN2O6S/c1-8-13-23(5)24(6)42(38,39)34-32(37)26-16-18-31(41-33)29(20-26)35(19-12-11-14-22(4)9-2)21-27-15-17-28(27)30(10-3)40-25(7)36/h8,10,16,18,20,23-24,27-28,30H,1,3-4,9,11-15,17,19,21H2,2,5-7H3,(H,34,37). The molecule has 1 aromatic rings. The fourth-order valence-corrected chi connectivity index (χ4v) is 6.63. The summed E-state index contributed by atoms with van der Waals surface area (Å²) in [6.45, 7) is 19.8. The number of nitrogens with zero attached hydrogens (tertiary/aromatic N) is 1. The molecule has 10 heteroatoms. The molecule has 234 valence electrons. The topological polar surface area (TPSA) is 102 Å². The lowest BCUT2D eigenvalue weighted by atomic mass is 9.70. The number of anilines is 1. The molecule has 1 aliphatic rings. The van der Waals surface area contributed by atoms with Crippen LogP contribution in [0.5, 0.6) is 5.75 Å². The minimum Gasteiger partial charge on any atom is -0.458 e. The van der Waals surface area contributed by atoms with Crippen molar-refractivity contribution >= 4 is 39.5 Å². The Bertz CT molecular complexity index is 1220. The number of carbonyl (C=O) groups is 2. The molecule has 42 heavy (non-hydrogen) atoms. The zero-order valence-corrected chi connectivity index (χ0v) is 27.0. The number of nitrogens with one attached hydrogen (secondary N) is 1. The van der Waals surface area contributed by atoms with E-state index < -0.39 is 21.2 Å². The lowest BCUT2D eigenvalue weighted by Crippen LogP contribution is -2.44. The van der Waals surface area contributed by atoms with Crippen molar-refractivity contribution in [3.05, 3.63) is 61.2 Å². The normalized spacial score (nSPS) is 18.5. The molecule has 1 aromatic carbocycles. The van der Waals surface area contributed by atoms with Gasteiger partial charge in [-0.25, -0.2) is 13.1 Å². The van der Waals surface area contributed by atoms with Crippen LogP contribution in [0.2, 0.25) is 0 Å². The summed E-state index contributed by atoms with van der Waals surface area (Å²) in [5.41, 5.74) is 1.95. The summed E-state index contributed by atoms with van der Waals surface area (Å²) in [5.74, 6) is -0.610. The molecular weight excluding hydrogens is 576 g/mol. The Morgan fingerprint density at radius 3 is 2.48 bits per heavy atom. The van der Waals surface area contributed by atoms with Gasteiger partial charge in [-0.15, -0.1) is 6.58 Å². The van der Waals surface area contributed by atoms with Gasteiger partial charge in [0.1, 0.15) is 18.0 Å². The maximum atomic E-state index is 13.2. The predicted molar refractivity (Wildman–Crippen MR) is 170 cm³/mol. The predicted octanol–water partition coefficient (Wildman–Crippen LogP) is 6.97. The highest BCUT2D eigenvalue weighted by Crippen LogP contribution is 2.41. The lowest BCUT2D eigenvalue weighted by Gasteiger charge is -2.43. The van der Waals surface area contributed by atoms with Gasteiger partial charge in [0.05, 0.1) is 10.9 Å². The van der Waals surface area contributed by atoms with Gasteiger partial charge in [0.15, 0.2) is 5.75 Å². The van der Waals surface area contributed by atoms with Crippen molar-refractivity contribution in [3.63, 3.8) is 0 Å². The molecule has 0 saturated heterocycles. The second kappa shape index (κ2) is 16.8. The summed E-state index contributed by atoms with van der Waals surface area (Å²) in [6.07, 6.45) is 8.96. The van der Waals surface area contributed by atoms with Crippen LogP contribution in [0.25, 0.3) is 0 Å². The highest BCUT2D eigenvalue weighted by molar-refractivity contribution is 7.90. The molecule has 1 aliphatic carbocycles. The molecule has 0 heterocycles. The zero-order chi connectivity index (χ0) is 31.4. The van der Waals surface area contributed by atoms with Gasteiger partial charge in [-0.05, 0) is 81.9 Å². The van der Waals surface area contributed by atoms with E-state index in [1.54, 1.807) is 38.1 Å². The van der Waals surface area contributed by atoms with E-state index in [1.807, 2.05) is 0 Å². The highest BCUT2D eigenvalue weighted by Gasteiger charge is 2.39. The zero-order valence-electron chi connectivity index (χ0n) is 25.4. The maximum absolute atomic E-state index is 13.2. The SMILES string of the molecule is C=CCC(C)C(C)S(=O)(=O)NC(=O)c1ccc(OCl)c(N(CCCCC(=C)CC)CC2CCC2C(C=C)OC(C)=O)c1. The smallest absolute Gasteiger partial charge is 0.303 e. The molecule has 0 spiro atoms. The number of allylic oxidation sites excluding steroid dienone is 2. The number of halogens is 1. The molecular formula is C32H47ClN2O6S. The van der Waals surface area contributed by atoms with Crippen LogP contribution in [-0.2, 0) is 19.6 Å². The van der Waals surface area contributed by atoms with Gasteiger partial charge >= 0.3 is 5.97 Å². The van der Waals surface area contributed by atoms with E-state index >= 15 is 0 Å². The van der Waals surface area contributed by atoms with Crippen molar-refractivity contribution in [2.45, 2.75) is 84.0 Å². The quantitative estimate of drug-likeness (QED) is 0.101. The van der Waals surface area contributed by atoms with E-state index in [2.05, 4.69) is 36.3 Å². The summed E-state index contributed by atoms with van der Waals surface area (Å²) in [7, 11) is -3.93. The second-order valence-corrected chi connectivity index (χ2v) is 13.5. The first-order chi connectivity index (χ1) is 19.9. The van der Waals surface area contributed by atoms with Gasteiger partial charge < -0.3 is 13.9 Å². The van der Waals surface area contributed by atoms with E-state index in [-0.39, 0.29) is 35.4 Å². The second-order valence-electron chi connectivity index (χ2n) is 11.3. The molecule has 1 N–H and O–H groups in total. The molecule has 1 amide bonds. The molecule has 1 fully saturated rings. The number of benzene rings is 1. The number of amides is 1. The van der Waals surface area contributed by atoms with Gasteiger partial charge in [-0.2, -0.15) is 0 Å².